The lowest BCUT2D eigenvalue weighted by atomic mass is 9.54. The number of fused-ring (bicyclic) bond motifs is 2. The molecule has 0 spiro atoms. The summed E-state index contributed by atoms with van der Waals surface area (Å²) in [6.07, 6.45) is 7.41. The highest BCUT2D eigenvalue weighted by Crippen LogP contribution is 2.59. The predicted molar refractivity (Wildman–Crippen MR) is 158 cm³/mol. The van der Waals surface area contributed by atoms with Crippen LogP contribution in [-0.4, -0.2) is 58.3 Å². The van der Waals surface area contributed by atoms with E-state index in [1.807, 2.05) is 27.7 Å². The highest BCUT2D eigenvalue weighted by Gasteiger charge is 2.59. The molecule has 234 valence electrons. The topological polar surface area (TPSA) is 91.3 Å². The lowest BCUT2D eigenvalue weighted by Crippen LogP contribution is -2.58. The second-order valence-corrected chi connectivity index (χ2v) is 15.4. The minimum atomic E-state index is -0.625. The molecular weight excluding hydrogens is 520 g/mol. The van der Waals surface area contributed by atoms with Gasteiger partial charge in [0, 0.05) is 30.6 Å². The Morgan fingerprint density at radius 1 is 0.829 bits per heavy atom. The maximum Gasteiger partial charge on any atom is 0.303 e. The number of esters is 2. The van der Waals surface area contributed by atoms with Crippen molar-refractivity contribution in [1.82, 2.24) is 0 Å². The summed E-state index contributed by atoms with van der Waals surface area (Å²) < 4.78 is 25.4. The molecule has 0 amide bonds. The smallest absolute Gasteiger partial charge is 0.303 e. The monoisotopic (exact) mass is 576 g/mol. The van der Waals surface area contributed by atoms with Gasteiger partial charge in [-0.15, -0.1) is 0 Å². The molecule has 0 aromatic carbocycles. The number of ether oxygens (including phenoxy) is 4. The second-order valence-electron chi connectivity index (χ2n) is 15.4. The van der Waals surface area contributed by atoms with Crippen molar-refractivity contribution < 1.29 is 33.6 Å². The van der Waals surface area contributed by atoms with Gasteiger partial charge in [0.2, 0.25) is 0 Å². The Balaban J connectivity index is 1.66. The zero-order valence-electron chi connectivity index (χ0n) is 27.1. The van der Waals surface area contributed by atoms with Crippen molar-refractivity contribution in [1.29, 1.82) is 0 Å². The standard InChI is InChI=1S/C34H56O7/c1-21-11-14-28-32(8,18-15-26(37)30(4,5)40-28)24(21)12-13-25-33(9)19-16-27(38-22(2)35)31(6,7)41-29(33)17-20-34(25,10)39-23(3)36/h24-29,37H,1,11-20H2,2-10H3/t24-,25+,26+,27+,28+,29+,32+,33+,34-/m1/s1. The quantitative estimate of drug-likeness (QED) is 0.288. The number of hydrogen-bond acceptors (Lipinski definition) is 7. The summed E-state index contributed by atoms with van der Waals surface area (Å²) in [5.41, 5.74) is -0.950. The van der Waals surface area contributed by atoms with Crippen LogP contribution in [0.5, 0.6) is 0 Å². The molecule has 0 aromatic heterocycles. The fourth-order valence-electron chi connectivity index (χ4n) is 9.24. The van der Waals surface area contributed by atoms with E-state index in [9.17, 15) is 14.7 Å². The van der Waals surface area contributed by atoms with Gasteiger partial charge in [-0.1, -0.05) is 26.0 Å². The average molecular weight is 577 g/mol. The number of carbonyl (C=O) groups excluding carboxylic acids is 2. The third-order valence-corrected chi connectivity index (χ3v) is 11.7. The first-order valence-electron chi connectivity index (χ1n) is 15.9. The second kappa shape index (κ2) is 11.2. The molecule has 2 saturated heterocycles. The summed E-state index contributed by atoms with van der Waals surface area (Å²) in [5, 5.41) is 10.9. The number of carbonyl (C=O) groups is 2. The van der Waals surface area contributed by atoms with Crippen molar-refractivity contribution in [3.8, 4) is 0 Å². The molecule has 4 rings (SSSR count). The Labute approximate surface area is 248 Å². The fourth-order valence-corrected chi connectivity index (χ4v) is 9.24. The van der Waals surface area contributed by atoms with Gasteiger partial charge in [0.15, 0.2) is 0 Å². The minimum absolute atomic E-state index is 0.0401. The SMILES string of the molecule is C=C1CC[C@@H]2OC(C)(C)[C@@H](O)CC[C@@]2(C)[C@@H]1CC[C@H]1[C@]2(C)CC[C@H](OC(C)=O)C(C)(C)O[C@H]2CC[C@@]1(C)OC(C)=O. The third-order valence-electron chi connectivity index (χ3n) is 11.7. The molecule has 4 aliphatic rings. The van der Waals surface area contributed by atoms with E-state index in [1.165, 1.54) is 19.4 Å². The minimum Gasteiger partial charge on any atom is -0.460 e. The Kier molecular flexibility index (Phi) is 8.90. The molecule has 1 N–H and O–H groups in total. The van der Waals surface area contributed by atoms with Gasteiger partial charge in [-0.3, -0.25) is 9.59 Å². The van der Waals surface area contributed by atoms with E-state index in [2.05, 4.69) is 27.4 Å². The normalized spacial score (nSPS) is 44.0. The van der Waals surface area contributed by atoms with Gasteiger partial charge in [0.1, 0.15) is 11.7 Å². The van der Waals surface area contributed by atoms with Crippen molar-refractivity contribution in [2.24, 2.45) is 22.7 Å². The molecule has 2 aliphatic carbocycles. The van der Waals surface area contributed by atoms with Gasteiger partial charge in [-0.05, 0) is 105 Å². The molecular formula is C34H56O7. The number of aliphatic hydroxyl groups excluding tert-OH is 1. The molecule has 0 aromatic rings. The number of rotatable bonds is 5. The highest BCUT2D eigenvalue weighted by atomic mass is 16.6. The molecule has 0 bridgehead atoms. The highest BCUT2D eigenvalue weighted by molar-refractivity contribution is 5.66. The largest absolute Gasteiger partial charge is 0.460 e. The van der Waals surface area contributed by atoms with Crippen LogP contribution in [0.2, 0.25) is 0 Å². The number of aliphatic hydroxyl groups is 1. The summed E-state index contributed by atoms with van der Waals surface area (Å²) in [5.74, 6) is -0.255. The molecule has 2 heterocycles. The van der Waals surface area contributed by atoms with Crippen LogP contribution in [0.15, 0.2) is 12.2 Å². The van der Waals surface area contributed by atoms with E-state index in [4.69, 9.17) is 18.9 Å². The zero-order chi connectivity index (χ0) is 30.6. The summed E-state index contributed by atoms with van der Waals surface area (Å²) in [6, 6.07) is 0. The van der Waals surface area contributed by atoms with Crippen LogP contribution < -0.4 is 0 Å². The Morgan fingerprint density at radius 3 is 2.07 bits per heavy atom. The first kappa shape index (κ1) is 32.5. The van der Waals surface area contributed by atoms with Gasteiger partial charge in [-0.2, -0.15) is 0 Å². The molecule has 2 aliphatic heterocycles. The Hall–Kier alpha value is -1.44. The maximum absolute atomic E-state index is 12.4. The van der Waals surface area contributed by atoms with E-state index >= 15 is 0 Å². The lowest BCUT2D eigenvalue weighted by molar-refractivity contribution is -0.221. The molecule has 9 atom stereocenters. The number of allylic oxidation sites excluding steroid dienone is 1. The molecule has 7 heteroatoms. The van der Waals surface area contributed by atoms with Gasteiger partial charge in [-0.25, -0.2) is 0 Å². The van der Waals surface area contributed by atoms with E-state index in [0.29, 0.717) is 12.8 Å². The predicted octanol–water partition coefficient (Wildman–Crippen LogP) is 6.69. The lowest BCUT2D eigenvalue weighted by Gasteiger charge is -2.56. The molecule has 7 nitrogen and oxygen atoms in total. The van der Waals surface area contributed by atoms with Gasteiger partial charge < -0.3 is 24.1 Å². The van der Waals surface area contributed by atoms with Crippen molar-refractivity contribution in [2.45, 2.75) is 168 Å². The molecule has 2 saturated carbocycles. The van der Waals surface area contributed by atoms with Gasteiger partial charge in [0.25, 0.3) is 0 Å². The Bertz CT molecular complexity index is 1020. The van der Waals surface area contributed by atoms with Crippen LogP contribution >= 0.6 is 0 Å². The van der Waals surface area contributed by atoms with Crippen LogP contribution in [0.3, 0.4) is 0 Å². The van der Waals surface area contributed by atoms with Crippen molar-refractivity contribution in [3.63, 3.8) is 0 Å². The summed E-state index contributed by atoms with van der Waals surface area (Å²) in [7, 11) is 0. The van der Waals surface area contributed by atoms with Crippen LogP contribution in [0, 0.1) is 22.7 Å². The van der Waals surface area contributed by atoms with Crippen LogP contribution in [-0.2, 0) is 28.5 Å². The van der Waals surface area contributed by atoms with E-state index in [1.54, 1.807) is 0 Å². The number of hydrogen-bond donors (Lipinski definition) is 1. The Morgan fingerprint density at radius 2 is 1.44 bits per heavy atom. The van der Waals surface area contributed by atoms with Crippen LogP contribution in [0.25, 0.3) is 0 Å². The van der Waals surface area contributed by atoms with E-state index < -0.39 is 22.9 Å². The third kappa shape index (κ3) is 6.15. The molecule has 41 heavy (non-hydrogen) atoms. The van der Waals surface area contributed by atoms with Crippen LogP contribution in [0.4, 0.5) is 0 Å². The van der Waals surface area contributed by atoms with Crippen molar-refractivity contribution in [3.05, 3.63) is 12.2 Å². The van der Waals surface area contributed by atoms with Gasteiger partial charge in [0.05, 0.1) is 29.5 Å². The first-order valence-corrected chi connectivity index (χ1v) is 15.9. The fraction of sp³-hybridized carbons (Fsp3) is 0.882. The summed E-state index contributed by atoms with van der Waals surface area (Å²) in [6.45, 7) is 22.3. The van der Waals surface area contributed by atoms with Crippen molar-refractivity contribution >= 4 is 11.9 Å². The first-order chi connectivity index (χ1) is 18.8. The maximum atomic E-state index is 12.4. The molecule has 0 unspecified atom stereocenters. The van der Waals surface area contributed by atoms with E-state index in [0.717, 1.165) is 51.4 Å². The van der Waals surface area contributed by atoms with Crippen LogP contribution in [0.1, 0.15) is 127 Å². The van der Waals surface area contributed by atoms with Crippen molar-refractivity contribution in [2.75, 3.05) is 0 Å². The summed E-state index contributed by atoms with van der Waals surface area (Å²) >= 11 is 0. The molecule has 0 radical (unpaired) electrons. The summed E-state index contributed by atoms with van der Waals surface area (Å²) in [4.78, 5) is 24.4. The molecule has 4 fully saturated rings. The van der Waals surface area contributed by atoms with E-state index in [-0.39, 0.29) is 52.9 Å². The average Bonchev–Trinajstić information content (AvgIpc) is 2.99. The zero-order valence-corrected chi connectivity index (χ0v) is 27.1. The van der Waals surface area contributed by atoms with Gasteiger partial charge >= 0.3 is 11.9 Å².